The van der Waals surface area contributed by atoms with Crippen molar-refractivity contribution in [2.75, 3.05) is 17.1 Å². The van der Waals surface area contributed by atoms with Crippen LogP contribution in [-0.2, 0) is 31.6 Å². The number of sulfonamides is 1. The van der Waals surface area contributed by atoms with Gasteiger partial charge in [0.25, 0.3) is 0 Å². The van der Waals surface area contributed by atoms with Crippen molar-refractivity contribution >= 4 is 39.1 Å². The zero-order valence-electron chi connectivity index (χ0n) is 22.9. The van der Waals surface area contributed by atoms with Crippen molar-refractivity contribution < 1.29 is 18.0 Å². The van der Waals surface area contributed by atoms with Crippen molar-refractivity contribution in [2.45, 2.75) is 78.4 Å². The minimum absolute atomic E-state index is 0.0623. The summed E-state index contributed by atoms with van der Waals surface area (Å²) in [5.74, 6) is -0.769. The molecular weight excluding hydrogens is 510 g/mol. The first-order valence-corrected chi connectivity index (χ1v) is 14.8. The van der Waals surface area contributed by atoms with Crippen LogP contribution in [0.5, 0.6) is 0 Å². The zero-order valence-corrected chi connectivity index (χ0v) is 24.5. The minimum Gasteiger partial charge on any atom is -0.352 e. The van der Waals surface area contributed by atoms with Crippen LogP contribution in [0.4, 0.5) is 5.69 Å². The second-order valence-corrected chi connectivity index (χ2v) is 12.7. The third kappa shape index (κ3) is 8.47. The maximum atomic E-state index is 13.8. The summed E-state index contributed by atoms with van der Waals surface area (Å²) in [5, 5.41) is 3.42. The normalized spacial score (nSPS) is 13.5. The third-order valence-electron chi connectivity index (χ3n) is 6.39. The number of carbonyl (C=O) groups excluding carboxylic acids is 2. The molecule has 0 saturated carbocycles. The van der Waals surface area contributed by atoms with E-state index in [9.17, 15) is 18.0 Å². The fourth-order valence-corrected chi connectivity index (χ4v) is 4.96. The van der Waals surface area contributed by atoms with Gasteiger partial charge in [0, 0.05) is 17.6 Å². The average molecular weight is 550 g/mol. The third-order valence-corrected chi connectivity index (χ3v) is 7.90. The molecule has 7 nitrogen and oxygen atoms in total. The number of benzene rings is 2. The van der Waals surface area contributed by atoms with Crippen LogP contribution in [0.15, 0.2) is 48.5 Å². The summed E-state index contributed by atoms with van der Waals surface area (Å²) in [6, 6.07) is 13.4. The van der Waals surface area contributed by atoms with E-state index in [1.54, 1.807) is 30.3 Å². The predicted molar refractivity (Wildman–Crippen MR) is 151 cm³/mol. The Morgan fingerprint density at radius 1 is 1.00 bits per heavy atom. The van der Waals surface area contributed by atoms with Crippen molar-refractivity contribution in [1.82, 2.24) is 10.2 Å². The lowest BCUT2D eigenvalue weighted by Gasteiger charge is -2.33. The van der Waals surface area contributed by atoms with E-state index < -0.39 is 28.5 Å². The van der Waals surface area contributed by atoms with Gasteiger partial charge in [-0.15, -0.1) is 0 Å². The summed E-state index contributed by atoms with van der Waals surface area (Å²) in [7, 11) is -3.79. The molecule has 2 aromatic carbocycles. The molecule has 37 heavy (non-hydrogen) atoms. The number of anilines is 1. The highest BCUT2D eigenvalue weighted by Crippen LogP contribution is 2.27. The molecule has 0 bridgehead atoms. The van der Waals surface area contributed by atoms with E-state index in [0.717, 1.165) is 22.5 Å². The lowest BCUT2D eigenvalue weighted by molar-refractivity contribution is -0.140. The molecule has 0 heterocycles. The number of rotatable bonds is 11. The van der Waals surface area contributed by atoms with Crippen molar-refractivity contribution in [2.24, 2.45) is 0 Å². The highest BCUT2D eigenvalue weighted by atomic mass is 35.5. The summed E-state index contributed by atoms with van der Waals surface area (Å²) in [5.41, 5.74) is 2.00. The maximum Gasteiger partial charge on any atom is 0.244 e. The van der Waals surface area contributed by atoms with Gasteiger partial charge in [-0.3, -0.25) is 13.9 Å². The Bertz CT molecular complexity index is 1180. The largest absolute Gasteiger partial charge is 0.352 e. The fraction of sp³-hybridized carbons (Fsp3) is 0.500. The van der Waals surface area contributed by atoms with E-state index in [1.807, 2.05) is 39.0 Å². The van der Waals surface area contributed by atoms with Crippen molar-refractivity contribution in [3.63, 3.8) is 0 Å². The van der Waals surface area contributed by atoms with Crippen molar-refractivity contribution in [3.8, 4) is 0 Å². The number of halogens is 1. The first-order chi connectivity index (χ1) is 17.2. The van der Waals surface area contributed by atoms with Gasteiger partial charge >= 0.3 is 0 Å². The molecule has 0 aliphatic rings. The SMILES string of the molecule is CC[C@H](C)NC(=O)[C@H](CC)N(Cc1ccccc1Cl)C(=O)CN(c1ccc(C(C)(C)C)cc1)S(C)(=O)=O. The van der Waals surface area contributed by atoms with E-state index in [0.29, 0.717) is 22.7 Å². The first-order valence-electron chi connectivity index (χ1n) is 12.6. The Labute approximate surface area is 227 Å². The van der Waals surface area contributed by atoms with Crippen LogP contribution in [0, 0.1) is 0 Å². The van der Waals surface area contributed by atoms with Gasteiger partial charge in [0.15, 0.2) is 0 Å². The van der Waals surface area contributed by atoms with Gasteiger partial charge in [-0.25, -0.2) is 8.42 Å². The maximum absolute atomic E-state index is 13.8. The van der Waals surface area contributed by atoms with Gasteiger partial charge in [0.1, 0.15) is 12.6 Å². The van der Waals surface area contributed by atoms with Crippen molar-refractivity contribution in [1.29, 1.82) is 0 Å². The quantitative estimate of drug-likeness (QED) is 0.421. The lowest BCUT2D eigenvalue weighted by Crippen LogP contribution is -2.53. The van der Waals surface area contributed by atoms with Crippen LogP contribution in [0.25, 0.3) is 0 Å². The Morgan fingerprint density at radius 3 is 2.08 bits per heavy atom. The summed E-state index contributed by atoms with van der Waals surface area (Å²) < 4.78 is 26.7. The lowest BCUT2D eigenvalue weighted by atomic mass is 9.87. The van der Waals surface area contributed by atoms with Gasteiger partial charge < -0.3 is 10.2 Å². The van der Waals surface area contributed by atoms with Crippen LogP contribution >= 0.6 is 11.6 Å². The smallest absolute Gasteiger partial charge is 0.244 e. The molecule has 9 heteroatoms. The standard InChI is InChI=1S/C28H40ClN3O4S/c1-8-20(3)30-27(34)25(9-2)31(18-21-12-10-11-13-24(21)29)26(33)19-32(37(7,35)36)23-16-14-22(15-17-23)28(4,5)6/h10-17,20,25H,8-9,18-19H2,1-7H3,(H,30,34)/t20-,25-/m0/s1. The average Bonchev–Trinajstić information content (AvgIpc) is 2.82. The van der Waals surface area contributed by atoms with Gasteiger partial charge in [0.05, 0.1) is 11.9 Å². The van der Waals surface area contributed by atoms with Crippen LogP contribution in [-0.4, -0.2) is 50.0 Å². The van der Waals surface area contributed by atoms with Crippen LogP contribution in [0.2, 0.25) is 5.02 Å². The second-order valence-electron chi connectivity index (χ2n) is 10.4. The molecule has 204 valence electrons. The molecule has 2 aromatic rings. The first kappa shape index (κ1) is 30.6. The minimum atomic E-state index is -3.79. The van der Waals surface area contributed by atoms with Gasteiger partial charge in [-0.2, -0.15) is 0 Å². The molecule has 2 atom stereocenters. The highest BCUT2D eigenvalue weighted by Gasteiger charge is 2.32. The van der Waals surface area contributed by atoms with E-state index in [4.69, 9.17) is 11.6 Å². The fourth-order valence-electron chi connectivity index (χ4n) is 3.91. The molecule has 0 aliphatic carbocycles. The Morgan fingerprint density at radius 2 is 1.59 bits per heavy atom. The monoisotopic (exact) mass is 549 g/mol. The van der Waals surface area contributed by atoms with E-state index >= 15 is 0 Å². The molecule has 0 aliphatic heterocycles. The number of amides is 2. The van der Waals surface area contributed by atoms with E-state index in [1.165, 1.54) is 4.90 Å². The summed E-state index contributed by atoms with van der Waals surface area (Å²) >= 11 is 6.39. The summed E-state index contributed by atoms with van der Waals surface area (Å²) in [4.78, 5) is 28.4. The van der Waals surface area contributed by atoms with E-state index in [2.05, 4.69) is 26.1 Å². The number of nitrogens with one attached hydrogen (secondary N) is 1. The number of hydrogen-bond donors (Lipinski definition) is 1. The van der Waals surface area contributed by atoms with E-state index in [-0.39, 0.29) is 23.9 Å². The molecule has 0 fully saturated rings. The number of carbonyl (C=O) groups is 2. The number of hydrogen-bond acceptors (Lipinski definition) is 4. The zero-order chi connectivity index (χ0) is 28.0. The van der Waals surface area contributed by atoms with Gasteiger partial charge in [0.2, 0.25) is 21.8 Å². The van der Waals surface area contributed by atoms with Crippen LogP contribution in [0.1, 0.15) is 65.5 Å². The second kappa shape index (κ2) is 12.8. The molecule has 2 rings (SSSR count). The molecule has 0 aromatic heterocycles. The van der Waals surface area contributed by atoms with Crippen LogP contribution < -0.4 is 9.62 Å². The summed E-state index contributed by atoms with van der Waals surface area (Å²) in [6.45, 7) is 11.5. The van der Waals surface area contributed by atoms with Gasteiger partial charge in [-0.1, -0.05) is 76.6 Å². The Kier molecular flexibility index (Phi) is 10.6. The molecule has 0 radical (unpaired) electrons. The molecule has 0 unspecified atom stereocenters. The molecule has 2 amide bonds. The Balaban J connectivity index is 2.46. The molecule has 0 spiro atoms. The Hall–Kier alpha value is -2.58. The molecular formula is C28H40ClN3O4S. The van der Waals surface area contributed by atoms with Gasteiger partial charge in [-0.05, 0) is 54.5 Å². The molecule has 1 N–H and O–H groups in total. The highest BCUT2D eigenvalue weighted by molar-refractivity contribution is 7.92. The topological polar surface area (TPSA) is 86.8 Å². The predicted octanol–water partition coefficient (Wildman–Crippen LogP) is 5.13. The van der Waals surface area contributed by atoms with Crippen LogP contribution in [0.3, 0.4) is 0 Å². The van der Waals surface area contributed by atoms with Crippen molar-refractivity contribution in [3.05, 3.63) is 64.7 Å². The summed E-state index contributed by atoms with van der Waals surface area (Å²) in [6.07, 6.45) is 2.17. The number of nitrogens with zero attached hydrogens (tertiary/aromatic N) is 2. The molecule has 0 saturated heterocycles.